The zero-order chi connectivity index (χ0) is 23.9. The van der Waals surface area contributed by atoms with E-state index >= 15 is 0 Å². The lowest BCUT2D eigenvalue weighted by Gasteiger charge is -2.21. The summed E-state index contributed by atoms with van der Waals surface area (Å²) in [5, 5.41) is 14.1. The highest BCUT2D eigenvalue weighted by atomic mass is 35.5. The Kier molecular flexibility index (Phi) is 9.25. The minimum absolute atomic E-state index is 0.260. The minimum atomic E-state index is -1.02. The molecule has 0 bridgehead atoms. The number of carboxylic acids is 1. The Labute approximate surface area is 199 Å². The average molecular weight is 478 g/mol. The number of benzene rings is 1. The Balaban J connectivity index is 2.27. The summed E-state index contributed by atoms with van der Waals surface area (Å²) < 4.78 is 5.22. The molecule has 0 fully saturated rings. The molecule has 2 aromatic rings. The van der Waals surface area contributed by atoms with E-state index in [-0.39, 0.29) is 6.61 Å². The van der Waals surface area contributed by atoms with Crippen molar-refractivity contribution >= 4 is 40.6 Å². The van der Waals surface area contributed by atoms with E-state index in [9.17, 15) is 9.90 Å². The topological polar surface area (TPSA) is 84.3 Å². The SMILES string of the molecule is C/C=C(\C=C(/C)c1cc(NCCc2ccc(Cl)cc2Cl)nc(COC)n1)C(C)(C)C(=O)O. The van der Waals surface area contributed by atoms with Crippen LogP contribution in [-0.2, 0) is 22.6 Å². The molecule has 0 spiro atoms. The van der Waals surface area contributed by atoms with Crippen LogP contribution < -0.4 is 5.32 Å². The number of halogens is 2. The van der Waals surface area contributed by atoms with Gasteiger partial charge in [-0.3, -0.25) is 4.79 Å². The molecule has 6 nitrogen and oxygen atoms in total. The molecular weight excluding hydrogens is 449 g/mol. The second-order valence-corrected chi connectivity index (χ2v) is 8.75. The smallest absolute Gasteiger partial charge is 0.313 e. The molecule has 0 radical (unpaired) electrons. The van der Waals surface area contributed by atoms with Gasteiger partial charge in [0.2, 0.25) is 0 Å². The zero-order valence-corrected chi connectivity index (χ0v) is 20.5. The molecule has 0 unspecified atom stereocenters. The van der Waals surface area contributed by atoms with Crippen LogP contribution in [0.3, 0.4) is 0 Å². The van der Waals surface area contributed by atoms with Gasteiger partial charge >= 0.3 is 5.97 Å². The van der Waals surface area contributed by atoms with E-state index in [1.165, 1.54) is 0 Å². The highest BCUT2D eigenvalue weighted by Crippen LogP contribution is 2.30. The van der Waals surface area contributed by atoms with Crippen LogP contribution in [0, 0.1) is 5.41 Å². The molecular formula is C24H29Cl2N3O3. The van der Waals surface area contributed by atoms with Gasteiger partial charge in [-0.05, 0) is 63.0 Å². The fraction of sp³-hybridized carbons (Fsp3) is 0.375. The van der Waals surface area contributed by atoms with Crippen molar-refractivity contribution in [1.82, 2.24) is 9.97 Å². The van der Waals surface area contributed by atoms with Crippen LogP contribution in [0.1, 0.15) is 44.8 Å². The van der Waals surface area contributed by atoms with E-state index in [1.54, 1.807) is 27.0 Å². The Hall–Kier alpha value is -2.41. The molecule has 2 N–H and O–H groups in total. The number of aliphatic carboxylic acids is 1. The lowest BCUT2D eigenvalue weighted by atomic mass is 9.83. The van der Waals surface area contributed by atoms with Gasteiger partial charge in [0.1, 0.15) is 12.4 Å². The lowest BCUT2D eigenvalue weighted by molar-refractivity contribution is -0.144. The van der Waals surface area contributed by atoms with Crippen LogP contribution in [0.2, 0.25) is 10.0 Å². The highest BCUT2D eigenvalue weighted by Gasteiger charge is 2.30. The summed E-state index contributed by atoms with van der Waals surface area (Å²) in [6, 6.07) is 7.29. The number of ether oxygens (including phenoxy) is 1. The summed E-state index contributed by atoms with van der Waals surface area (Å²) in [7, 11) is 1.58. The third kappa shape index (κ3) is 6.79. The van der Waals surface area contributed by atoms with Crippen molar-refractivity contribution in [2.24, 2.45) is 5.41 Å². The molecule has 8 heteroatoms. The van der Waals surface area contributed by atoms with Gasteiger partial charge in [0.15, 0.2) is 5.82 Å². The van der Waals surface area contributed by atoms with Crippen LogP contribution in [0.25, 0.3) is 5.57 Å². The molecule has 2 rings (SSSR count). The lowest BCUT2D eigenvalue weighted by Crippen LogP contribution is -2.25. The summed E-state index contributed by atoms with van der Waals surface area (Å²) in [5.41, 5.74) is 2.19. The van der Waals surface area contributed by atoms with Crippen molar-refractivity contribution in [3.8, 4) is 0 Å². The van der Waals surface area contributed by atoms with Crippen LogP contribution in [0.4, 0.5) is 5.82 Å². The Morgan fingerprint density at radius 2 is 1.97 bits per heavy atom. The van der Waals surface area contributed by atoms with Gasteiger partial charge in [-0.1, -0.05) is 41.4 Å². The fourth-order valence-corrected chi connectivity index (χ4v) is 3.59. The molecule has 0 saturated heterocycles. The van der Waals surface area contributed by atoms with Crippen molar-refractivity contribution in [1.29, 1.82) is 0 Å². The molecule has 1 heterocycles. The van der Waals surface area contributed by atoms with Crippen molar-refractivity contribution < 1.29 is 14.6 Å². The third-order valence-electron chi connectivity index (χ3n) is 5.10. The molecule has 1 aromatic carbocycles. The predicted molar refractivity (Wildman–Crippen MR) is 130 cm³/mol. The van der Waals surface area contributed by atoms with Crippen LogP contribution in [-0.4, -0.2) is 34.7 Å². The predicted octanol–water partition coefficient (Wildman–Crippen LogP) is 6.04. The maximum Gasteiger partial charge on any atom is 0.313 e. The largest absolute Gasteiger partial charge is 0.481 e. The van der Waals surface area contributed by atoms with Crippen LogP contribution >= 0.6 is 23.2 Å². The minimum Gasteiger partial charge on any atom is -0.481 e. The summed E-state index contributed by atoms with van der Waals surface area (Å²) in [5.74, 6) is 0.296. The number of anilines is 1. The third-order valence-corrected chi connectivity index (χ3v) is 5.69. The maximum absolute atomic E-state index is 11.7. The molecule has 0 amide bonds. The molecule has 32 heavy (non-hydrogen) atoms. The number of rotatable bonds is 10. The quantitative estimate of drug-likeness (QED) is 0.405. The second kappa shape index (κ2) is 11.5. The Morgan fingerprint density at radius 1 is 1.25 bits per heavy atom. The standard InChI is InChI=1S/C24H29Cl2N3O3/c1-6-17(24(3,4)23(30)31)11-15(2)20-13-21(29-22(28-20)14-32-5)27-10-9-16-7-8-18(25)12-19(16)26/h6-8,11-13H,9-10,14H2,1-5H3,(H,30,31)(H,27,28,29)/b15-11+,17-6+. The van der Waals surface area contributed by atoms with Gasteiger partial charge in [-0.25, -0.2) is 9.97 Å². The van der Waals surface area contributed by atoms with Crippen molar-refractivity contribution in [2.45, 2.75) is 40.7 Å². The Morgan fingerprint density at radius 3 is 2.56 bits per heavy atom. The number of nitrogens with zero attached hydrogens (tertiary/aromatic N) is 2. The highest BCUT2D eigenvalue weighted by molar-refractivity contribution is 6.35. The zero-order valence-electron chi connectivity index (χ0n) is 19.0. The fourth-order valence-electron chi connectivity index (χ4n) is 3.09. The van der Waals surface area contributed by atoms with E-state index in [1.807, 2.05) is 44.2 Å². The molecule has 0 aliphatic carbocycles. The van der Waals surface area contributed by atoms with Gasteiger partial charge in [0.05, 0.1) is 11.1 Å². The summed E-state index contributed by atoms with van der Waals surface area (Å²) in [4.78, 5) is 20.8. The van der Waals surface area contributed by atoms with Gasteiger partial charge in [-0.2, -0.15) is 0 Å². The van der Waals surface area contributed by atoms with Crippen LogP contribution in [0.15, 0.2) is 42.0 Å². The van der Waals surface area contributed by atoms with E-state index in [0.717, 1.165) is 11.1 Å². The number of hydrogen-bond donors (Lipinski definition) is 2. The summed E-state index contributed by atoms with van der Waals surface area (Å²) in [6.45, 7) is 7.96. The molecule has 0 saturated carbocycles. The Bertz CT molecular complexity index is 1030. The van der Waals surface area contributed by atoms with Gasteiger partial charge in [0.25, 0.3) is 0 Å². The second-order valence-electron chi connectivity index (χ2n) is 7.90. The first-order chi connectivity index (χ1) is 15.1. The van der Waals surface area contributed by atoms with E-state index in [4.69, 9.17) is 27.9 Å². The van der Waals surface area contributed by atoms with Gasteiger partial charge in [0, 0.05) is 29.8 Å². The number of methoxy groups -OCH3 is 1. The van der Waals surface area contributed by atoms with E-state index in [2.05, 4.69) is 15.3 Å². The molecule has 1 aromatic heterocycles. The molecule has 0 aliphatic heterocycles. The van der Waals surface area contributed by atoms with Crippen molar-refractivity contribution in [2.75, 3.05) is 19.0 Å². The monoisotopic (exact) mass is 477 g/mol. The maximum atomic E-state index is 11.7. The molecule has 0 atom stereocenters. The summed E-state index contributed by atoms with van der Waals surface area (Å²) in [6.07, 6.45) is 4.35. The summed E-state index contributed by atoms with van der Waals surface area (Å²) >= 11 is 12.2. The van der Waals surface area contributed by atoms with E-state index in [0.29, 0.717) is 45.9 Å². The van der Waals surface area contributed by atoms with Crippen molar-refractivity contribution in [3.63, 3.8) is 0 Å². The van der Waals surface area contributed by atoms with E-state index < -0.39 is 11.4 Å². The number of carbonyl (C=O) groups is 1. The van der Waals surface area contributed by atoms with Gasteiger partial charge < -0.3 is 15.2 Å². The number of allylic oxidation sites excluding steroid dienone is 3. The normalized spacial score (nSPS) is 12.7. The number of nitrogens with one attached hydrogen (secondary N) is 1. The molecule has 172 valence electrons. The number of aromatic nitrogens is 2. The van der Waals surface area contributed by atoms with Crippen LogP contribution in [0.5, 0.6) is 0 Å². The number of carboxylic acid groups (broad SMARTS) is 1. The first-order valence-corrected chi connectivity index (χ1v) is 11.0. The first-order valence-electron chi connectivity index (χ1n) is 10.2. The van der Waals surface area contributed by atoms with Gasteiger partial charge in [-0.15, -0.1) is 0 Å². The average Bonchev–Trinajstić information content (AvgIpc) is 2.73. The molecule has 0 aliphatic rings. The number of hydrogen-bond acceptors (Lipinski definition) is 5. The first kappa shape index (κ1) is 25.8. The van der Waals surface area contributed by atoms with Crippen molar-refractivity contribution in [3.05, 3.63) is 69.1 Å².